The molecule has 1 aromatic rings. The first-order valence-corrected chi connectivity index (χ1v) is 6.44. The van der Waals surface area contributed by atoms with E-state index in [1.165, 1.54) is 18.9 Å². The van der Waals surface area contributed by atoms with Crippen molar-refractivity contribution >= 4 is 0 Å². The Morgan fingerprint density at radius 2 is 2.22 bits per heavy atom. The molecule has 0 heterocycles. The van der Waals surface area contributed by atoms with Crippen molar-refractivity contribution in [1.82, 2.24) is 10.2 Å². The number of likely N-dealkylation sites (N-methyl/N-ethyl adjacent to an activating group) is 1. The minimum atomic E-state index is -0.211. The number of nitrogens with one attached hydrogen (secondary N) is 1. The van der Waals surface area contributed by atoms with Crippen LogP contribution in [0.4, 0.5) is 4.39 Å². The minimum Gasteiger partial charge on any atom is -0.497 e. The van der Waals surface area contributed by atoms with E-state index >= 15 is 0 Å². The van der Waals surface area contributed by atoms with Crippen LogP contribution in [0.3, 0.4) is 0 Å². The van der Waals surface area contributed by atoms with E-state index in [0.717, 1.165) is 19.1 Å². The normalized spacial score (nSPS) is 15.1. The van der Waals surface area contributed by atoms with Crippen LogP contribution >= 0.6 is 0 Å². The van der Waals surface area contributed by atoms with Crippen LogP contribution in [0, 0.1) is 5.82 Å². The summed E-state index contributed by atoms with van der Waals surface area (Å²) >= 11 is 0. The van der Waals surface area contributed by atoms with Gasteiger partial charge in [0.05, 0.1) is 7.11 Å². The first kappa shape index (κ1) is 13.3. The van der Waals surface area contributed by atoms with Crippen molar-refractivity contribution in [3.8, 4) is 5.75 Å². The van der Waals surface area contributed by atoms with Crippen molar-refractivity contribution < 1.29 is 9.13 Å². The average molecular weight is 252 g/mol. The van der Waals surface area contributed by atoms with Gasteiger partial charge in [-0.1, -0.05) is 6.07 Å². The maximum Gasteiger partial charge on any atom is 0.131 e. The van der Waals surface area contributed by atoms with Gasteiger partial charge in [0.2, 0.25) is 0 Å². The lowest BCUT2D eigenvalue weighted by Crippen LogP contribution is -2.30. The second-order valence-electron chi connectivity index (χ2n) is 4.85. The fourth-order valence-electron chi connectivity index (χ4n) is 1.97. The molecule has 1 aliphatic carbocycles. The topological polar surface area (TPSA) is 24.5 Å². The lowest BCUT2D eigenvalue weighted by Gasteiger charge is -2.15. The summed E-state index contributed by atoms with van der Waals surface area (Å²) in [6.45, 7) is 2.47. The van der Waals surface area contributed by atoms with Crippen LogP contribution in [0.25, 0.3) is 0 Å². The molecule has 0 aromatic heterocycles. The molecule has 0 atom stereocenters. The van der Waals surface area contributed by atoms with Crippen molar-refractivity contribution in [3.05, 3.63) is 29.6 Å². The third-order valence-electron chi connectivity index (χ3n) is 3.39. The molecule has 4 heteroatoms. The minimum absolute atomic E-state index is 0.211. The van der Waals surface area contributed by atoms with Gasteiger partial charge in [0.15, 0.2) is 0 Å². The van der Waals surface area contributed by atoms with Crippen LogP contribution in [-0.2, 0) is 6.54 Å². The predicted octanol–water partition coefficient (Wildman–Crippen LogP) is 2.02. The summed E-state index contributed by atoms with van der Waals surface area (Å²) in [6.07, 6.45) is 2.65. The van der Waals surface area contributed by atoms with Crippen LogP contribution < -0.4 is 10.1 Å². The molecule has 0 radical (unpaired) electrons. The molecule has 1 saturated carbocycles. The summed E-state index contributed by atoms with van der Waals surface area (Å²) in [7, 11) is 3.69. The van der Waals surface area contributed by atoms with Gasteiger partial charge in [-0.3, -0.25) is 0 Å². The van der Waals surface area contributed by atoms with Gasteiger partial charge >= 0.3 is 0 Å². The number of nitrogens with zero attached hydrogens (tertiary/aromatic N) is 1. The quantitative estimate of drug-likeness (QED) is 0.751. The van der Waals surface area contributed by atoms with Crippen molar-refractivity contribution in [1.29, 1.82) is 0 Å². The fourth-order valence-corrected chi connectivity index (χ4v) is 1.97. The van der Waals surface area contributed by atoms with E-state index in [-0.39, 0.29) is 5.82 Å². The van der Waals surface area contributed by atoms with E-state index in [2.05, 4.69) is 17.3 Å². The molecule has 0 saturated heterocycles. The molecule has 2 rings (SSSR count). The summed E-state index contributed by atoms with van der Waals surface area (Å²) in [5.41, 5.74) is 0.685. The molecule has 1 aromatic carbocycles. The SMILES string of the molecule is COc1ccc(CNCCN(C)C2CC2)c(F)c1. The molecule has 0 bridgehead atoms. The van der Waals surface area contributed by atoms with Crippen LogP contribution in [0.2, 0.25) is 0 Å². The molecule has 0 unspecified atom stereocenters. The molecule has 0 spiro atoms. The van der Waals surface area contributed by atoms with Crippen molar-refractivity contribution in [2.24, 2.45) is 0 Å². The van der Waals surface area contributed by atoms with E-state index < -0.39 is 0 Å². The highest BCUT2D eigenvalue weighted by atomic mass is 19.1. The molecule has 3 nitrogen and oxygen atoms in total. The van der Waals surface area contributed by atoms with Crippen LogP contribution in [-0.4, -0.2) is 38.2 Å². The Kier molecular flexibility index (Phi) is 4.55. The summed E-state index contributed by atoms with van der Waals surface area (Å²) in [6, 6.07) is 5.76. The summed E-state index contributed by atoms with van der Waals surface area (Å²) in [4.78, 5) is 2.36. The van der Waals surface area contributed by atoms with Gasteiger partial charge < -0.3 is 15.0 Å². The van der Waals surface area contributed by atoms with Gasteiger partial charge in [0.25, 0.3) is 0 Å². The Hall–Kier alpha value is -1.13. The second-order valence-corrected chi connectivity index (χ2v) is 4.85. The highest BCUT2D eigenvalue weighted by molar-refractivity contribution is 5.28. The van der Waals surface area contributed by atoms with Gasteiger partial charge in [0, 0.05) is 37.3 Å². The highest BCUT2D eigenvalue weighted by Gasteiger charge is 2.25. The van der Waals surface area contributed by atoms with Crippen molar-refractivity contribution in [2.75, 3.05) is 27.2 Å². The monoisotopic (exact) mass is 252 g/mol. The van der Waals surface area contributed by atoms with E-state index in [1.54, 1.807) is 19.2 Å². The molecule has 100 valence electrons. The van der Waals surface area contributed by atoms with Gasteiger partial charge in [-0.25, -0.2) is 4.39 Å². The van der Waals surface area contributed by atoms with Gasteiger partial charge in [0.1, 0.15) is 11.6 Å². The van der Waals surface area contributed by atoms with Gasteiger partial charge in [-0.2, -0.15) is 0 Å². The Balaban J connectivity index is 1.72. The zero-order chi connectivity index (χ0) is 13.0. The Bertz CT molecular complexity index is 393. The summed E-state index contributed by atoms with van der Waals surface area (Å²) < 4.78 is 18.6. The fraction of sp³-hybridized carbons (Fsp3) is 0.571. The molecular formula is C14H21FN2O. The van der Waals surface area contributed by atoms with E-state index in [4.69, 9.17) is 4.74 Å². The number of hydrogen-bond acceptors (Lipinski definition) is 3. The zero-order valence-corrected chi connectivity index (χ0v) is 11.1. The molecule has 1 aliphatic rings. The van der Waals surface area contributed by atoms with E-state index in [1.807, 2.05) is 0 Å². The number of ether oxygens (including phenoxy) is 1. The predicted molar refractivity (Wildman–Crippen MR) is 70.3 cm³/mol. The number of benzene rings is 1. The molecular weight excluding hydrogens is 231 g/mol. The van der Waals surface area contributed by atoms with E-state index in [9.17, 15) is 4.39 Å². The smallest absolute Gasteiger partial charge is 0.131 e. The number of hydrogen-bond donors (Lipinski definition) is 1. The first-order chi connectivity index (χ1) is 8.70. The molecule has 1 fully saturated rings. The second kappa shape index (κ2) is 6.16. The maximum atomic E-state index is 13.6. The Morgan fingerprint density at radius 1 is 1.44 bits per heavy atom. The highest BCUT2D eigenvalue weighted by Crippen LogP contribution is 2.24. The van der Waals surface area contributed by atoms with Gasteiger partial charge in [-0.05, 0) is 26.0 Å². The van der Waals surface area contributed by atoms with Crippen LogP contribution in [0.15, 0.2) is 18.2 Å². The average Bonchev–Trinajstić information content (AvgIpc) is 3.20. The lowest BCUT2D eigenvalue weighted by molar-refractivity contribution is 0.321. The summed E-state index contributed by atoms with van der Waals surface area (Å²) in [5, 5.41) is 3.27. The zero-order valence-electron chi connectivity index (χ0n) is 11.1. The number of rotatable bonds is 7. The lowest BCUT2D eigenvalue weighted by atomic mass is 10.2. The number of halogens is 1. The third kappa shape index (κ3) is 3.68. The van der Waals surface area contributed by atoms with E-state index in [0.29, 0.717) is 17.9 Å². The third-order valence-corrected chi connectivity index (χ3v) is 3.39. The van der Waals surface area contributed by atoms with Crippen molar-refractivity contribution in [3.63, 3.8) is 0 Å². The largest absolute Gasteiger partial charge is 0.497 e. The van der Waals surface area contributed by atoms with Gasteiger partial charge in [-0.15, -0.1) is 0 Å². The number of methoxy groups -OCH3 is 1. The standard InChI is InChI=1S/C14H21FN2O/c1-17(12-4-5-12)8-7-16-10-11-3-6-13(18-2)9-14(11)15/h3,6,9,12,16H,4-5,7-8,10H2,1-2H3. The Labute approximate surface area is 108 Å². The first-order valence-electron chi connectivity index (χ1n) is 6.44. The van der Waals surface area contributed by atoms with Crippen LogP contribution in [0.1, 0.15) is 18.4 Å². The maximum absolute atomic E-state index is 13.6. The summed E-state index contributed by atoms with van der Waals surface area (Å²) in [5.74, 6) is 0.349. The molecule has 0 amide bonds. The Morgan fingerprint density at radius 3 is 2.83 bits per heavy atom. The van der Waals surface area contributed by atoms with Crippen molar-refractivity contribution in [2.45, 2.75) is 25.4 Å². The van der Waals surface area contributed by atoms with Crippen LogP contribution in [0.5, 0.6) is 5.75 Å². The molecule has 18 heavy (non-hydrogen) atoms. The molecule has 0 aliphatic heterocycles. The molecule has 1 N–H and O–H groups in total.